The zero-order valence-corrected chi connectivity index (χ0v) is 21.5. The van der Waals surface area contributed by atoms with Crippen molar-refractivity contribution in [2.24, 2.45) is 5.92 Å². The number of rotatable bonds is 9. The average molecular weight is 608 g/mol. The molecule has 0 N–H and O–H groups in total. The smallest absolute Gasteiger partial charge is 0.294 e. The molecule has 0 saturated carbocycles. The second-order valence-corrected chi connectivity index (χ2v) is 10.4. The van der Waals surface area contributed by atoms with Gasteiger partial charge >= 0.3 is 12.4 Å². The molecule has 0 bridgehead atoms. The van der Waals surface area contributed by atoms with Crippen LogP contribution in [-0.2, 0) is 0 Å². The fraction of sp³-hybridized carbons (Fsp3) is 0.348. The maximum atomic E-state index is 13.6. The number of hydrogen-bond donors (Lipinski definition) is 0. The van der Waals surface area contributed by atoms with Crippen LogP contribution in [0.4, 0.5) is 26.3 Å². The van der Waals surface area contributed by atoms with E-state index in [1.54, 1.807) is 6.92 Å². The van der Waals surface area contributed by atoms with Crippen molar-refractivity contribution in [3.8, 4) is 0 Å². The van der Waals surface area contributed by atoms with Gasteiger partial charge in [-0.05, 0) is 47.1 Å². The molecule has 2 atom stereocenters. The van der Waals surface area contributed by atoms with Crippen LogP contribution in [0.15, 0.2) is 46.9 Å². The molecule has 0 saturated heterocycles. The lowest BCUT2D eigenvalue weighted by Gasteiger charge is -2.18. The molecule has 0 heterocycles. The van der Waals surface area contributed by atoms with Gasteiger partial charge in [-0.1, -0.05) is 70.3 Å². The molecule has 0 aromatic heterocycles. The van der Waals surface area contributed by atoms with Gasteiger partial charge in [0.2, 0.25) is 0 Å². The molecular weight excluding hydrogens is 589 g/mol. The van der Waals surface area contributed by atoms with Crippen molar-refractivity contribution in [2.45, 2.75) is 31.6 Å². The molecule has 2 aromatic rings. The van der Waals surface area contributed by atoms with Crippen molar-refractivity contribution < 1.29 is 31.1 Å². The minimum atomic E-state index is -4.57. The van der Waals surface area contributed by atoms with E-state index in [-0.39, 0.29) is 39.5 Å². The highest BCUT2D eigenvalue weighted by Crippen LogP contribution is 2.38. The standard InChI is InChI=1S/C23H19BrCl2F6OS/c1-13(11-34-12-22(27,28)29)8-21(33)16-5-2-14(9-18(16)24)3-6-17(23(30,31)32)15-4-7-19(25)20(26)10-15/h2-7,9-10,13,17H,8,11-12H2,1H3/b6-3+/t13-,17?/m0/s1. The average Bonchev–Trinajstić information content (AvgIpc) is 2.68. The van der Waals surface area contributed by atoms with E-state index in [1.807, 2.05) is 0 Å². The zero-order valence-electron chi connectivity index (χ0n) is 17.6. The first-order chi connectivity index (χ1) is 15.7. The molecule has 0 aliphatic rings. The van der Waals surface area contributed by atoms with Gasteiger partial charge in [-0.3, -0.25) is 4.79 Å². The Labute approximate surface area is 216 Å². The summed E-state index contributed by atoms with van der Waals surface area (Å²) in [7, 11) is 0. The monoisotopic (exact) mass is 606 g/mol. The van der Waals surface area contributed by atoms with Crippen LogP contribution < -0.4 is 0 Å². The Kier molecular flexibility index (Phi) is 10.4. The van der Waals surface area contributed by atoms with E-state index in [9.17, 15) is 31.1 Å². The molecule has 1 nitrogen and oxygen atoms in total. The van der Waals surface area contributed by atoms with E-state index in [0.29, 0.717) is 15.6 Å². The highest BCUT2D eigenvalue weighted by atomic mass is 79.9. The number of Topliss-reactive ketones (excluding diaryl/α,β-unsaturated/α-hetero) is 1. The first-order valence-corrected chi connectivity index (χ1v) is 12.5. The summed E-state index contributed by atoms with van der Waals surface area (Å²) >= 11 is 15.6. The largest absolute Gasteiger partial charge is 0.399 e. The lowest BCUT2D eigenvalue weighted by atomic mass is 9.96. The van der Waals surface area contributed by atoms with Crippen LogP contribution in [0, 0.1) is 5.92 Å². The topological polar surface area (TPSA) is 17.1 Å². The van der Waals surface area contributed by atoms with Gasteiger partial charge in [0.05, 0.1) is 21.7 Å². The quantitative estimate of drug-likeness (QED) is 0.208. The second kappa shape index (κ2) is 12.2. The van der Waals surface area contributed by atoms with E-state index < -0.39 is 24.0 Å². The van der Waals surface area contributed by atoms with Gasteiger partial charge in [-0.25, -0.2) is 0 Å². The Morgan fingerprint density at radius 3 is 2.29 bits per heavy atom. The molecule has 0 aliphatic carbocycles. The molecule has 2 rings (SSSR count). The third kappa shape index (κ3) is 9.13. The molecule has 0 radical (unpaired) electrons. The van der Waals surface area contributed by atoms with Gasteiger partial charge in [-0.2, -0.15) is 38.1 Å². The lowest BCUT2D eigenvalue weighted by molar-refractivity contribution is -0.139. The maximum Gasteiger partial charge on any atom is 0.399 e. The molecule has 0 fully saturated rings. The molecule has 1 unspecified atom stereocenters. The van der Waals surface area contributed by atoms with E-state index in [2.05, 4.69) is 15.9 Å². The molecule has 186 valence electrons. The van der Waals surface area contributed by atoms with Gasteiger partial charge in [-0.15, -0.1) is 0 Å². The predicted molar refractivity (Wildman–Crippen MR) is 130 cm³/mol. The fourth-order valence-electron chi connectivity index (χ4n) is 3.04. The number of carbonyl (C=O) groups excluding carboxylic acids is 1. The molecular formula is C23H19BrCl2F6OS. The summed E-state index contributed by atoms with van der Waals surface area (Å²) in [5.41, 5.74) is 0.662. The van der Waals surface area contributed by atoms with Gasteiger partial charge in [0, 0.05) is 16.5 Å². The van der Waals surface area contributed by atoms with E-state index in [0.717, 1.165) is 23.9 Å². The number of alkyl halides is 6. The van der Waals surface area contributed by atoms with E-state index >= 15 is 0 Å². The number of carbonyl (C=O) groups is 1. The maximum absolute atomic E-state index is 13.6. The Hall–Kier alpha value is -1.16. The molecule has 0 aliphatic heterocycles. The molecule has 34 heavy (non-hydrogen) atoms. The third-order valence-corrected chi connectivity index (χ3v) is 7.36. The van der Waals surface area contributed by atoms with Crippen molar-refractivity contribution in [1.82, 2.24) is 0 Å². The summed E-state index contributed by atoms with van der Waals surface area (Å²) in [4.78, 5) is 12.5. The second-order valence-electron chi connectivity index (χ2n) is 7.65. The Morgan fingerprint density at radius 2 is 1.74 bits per heavy atom. The molecule has 11 heteroatoms. The lowest BCUT2D eigenvalue weighted by Crippen LogP contribution is -2.18. The number of thioether (sulfide) groups is 1. The van der Waals surface area contributed by atoms with Crippen LogP contribution in [-0.4, -0.2) is 29.6 Å². The summed E-state index contributed by atoms with van der Waals surface area (Å²) in [6, 6.07) is 8.20. The van der Waals surface area contributed by atoms with E-state index in [1.165, 1.54) is 36.4 Å². The van der Waals surface area contributed by atoms with Gasteiger partial charge < -0.3 is 0 Å². The summed E-state index contributed by atoms with van der Waals surface area (Å²) in [6.07, 6.45) is -6.50. The van der Waals surface area contributed by atoms with E-state index in [4.69, 9.17) is 23.2 Å². The summed E-state index contributed by atoms with van der Waals surface area (Å²) in [6.45, 7) is 1.69. The molecule has 0 spiro atoms. The Morgan fingerprint density at radius 1 is 1.06 bits per heavy atom. The van der Waals surface area contributed by atoms with Crippen molar-refractivity contribution in [2.75, 3.05) is 11.5 Å². The Balaban J connectivity index is 2.12. The first kappa shape index (κ1) is 29.1. The fourth-order valence-corrected chi connectivity index (χ4v) is 4.84. The molecule has 0 amide bonds. The van der Waals surface area contributed by atoms with Crippen LogP contribution >= 0.6 is 50.9 Å². The number of ketones is 1. The normalized spacial score (nSPS) is 14.4. The van der Waals surface area contributed by atoms with Crippen LogP contribution in [0.2, 0.25) is 10.0 Å². The number of allylic oxidation sites excluding steroid dienone is 1. The van der Waals surface area contributed by atoms with Crippen molar-refractivity contribution in [3.05, 3.63) is 73.7 Å². The number of hydrogen-bond acceptors (Lipinski definition) is 2. The van der Waals surface area contributed by atoms with Gasteiger partial charge in [0.25, 0.3) is 0 Å². The van der Waals surface area contributed by atoms with Gasteiger partial charge in [0.1, 0.15) is 0 Å². The van der Waals surface area contributed by atoms with Crippen LogP contribution in [0.5, 0.6) is 0 Å². The highest BCUT2D eigenvalue weighted by Gasteiger charge is 2.39. The summed E-state index contributed by atoms with van der Waals surface area (Å²) < 4.78 is 78.0. The van der Waals surface area contributed by atoms with Crippen LogP contribution in [0.3, 0.4) is 0 Å². The minimum Gasteiger partial charge on any atom is -0.294 e. The van der Waals surface area contributed by atoms with Gasteiger partial charge in [0.15, 0.2) is 5.78 Å². The van der Waals surface area contributed by atoms with Crippen LogP contribution in [0.1, 0.15) is 40.7 Å². The third-order valence-electron chi connectivity index (χ3n) is 4.63. The molecule has 2 aromatic carbocycles. The van der Waals surface area contributed by atoms with Crippen molar-refractivity contribution >= 4 is 62.8 Å². The summed E-state index contributed by atoms with van der Waals surface area (Å²) in [5, 5.41) is 0.159. The minimum absolute atomic E-state index is 0.0125. The van der Waals surface area contributed by atoms with Crippen LogP contribution in [0.25, 0.3) is 6.08 Å². The first-order valence-electron chi connectivity index (χ1n) is 9.84. The number of benzene rings is 2. The predicted octanol–water partition coefficient (Wildman–Crippen LogP) is 9.62. The Bertz CT molecular complexity index is 1040. The van der Waals surface area contributed by atoms with Crippen molar-refractivity contribution in [3.63, 3.8) is 0 Å². The number of halogens is 9. The summed E-state index contributed by atoms with van der Waals surface area (Å²) in [5.74, 6) is -3.26. The van der Waals surface area contributed by atoms with Crippen molar-refractivity contribution in [1.29, 1.82) is 0 Å². The zero-order chi connectivity index (χ0) is 25.7. The SMILES string of the molecule is C[C@H](CSCC(F)(F)F)CC(=O)c1ccc(/C=C/C(c2ccc(Cl)c(Cl)c2)C(F)(F)F)cc1Br. The highest BCUT2D eigenvalue weighted by molar-refractivity contribution is 9.10.